The SMILES string of the molecule is CC(=O)Oc1ccc(C[C@H]2c3cc(OC(C)=O)c(OC(C)=O)cc3C[C@@H]3c4cc(OC(C)=O)c(OC(C)=O)cc4CCN32)cc1. The van der Waals surface area contributed by atoms with Crippen LogP contribution in [-0.2, 0) is 43.2 Å². The Labute approximate surface area is 260 Å². The summed E-state index contributed by atoms with van der Waals surface area (Å²) in [5.74, 6) is -1.57. The minimum atomic E-state index is -0.558. The van der Waals surface area contributed by atoms with Crippen molar-refractivity contribution in [1.82, 2.24) is 4.90 Å². The van der Waals surface area contributed by atoms with E-state index in [2.05, 4.69) is 4.90 Å². The molecule has 3 aromatic rings. The molecule has 2 heterocycles. The monoisotopic (exact) mass is 615 g/mol. The maximum atomic E-state index is 12.0. The van der Waals surface area contributed by atoms with Gasteiger partial charge in [0.1, 0.15) is 5.75 Å². The summed E-state index contributed by atoms with van der Waals surface area (Å²) in [5, 5.41) is 0. The molecule has 0 fully saturated rings. The molecule has 0 saturated heterocycles. The molecule has 0 N–H and O–H groups in total. The zero-order valence-corrected chi connectivity index (χ0v) is 25.6. The Balaban J connectivity index is 1.63. The van der Waals surface area contributed by atoms with Gasteiger partial charge in [0.2, 0.25) is 0 Å². The van der Waals surface area contributed by atoms with Crippen molar-refractivity contribution in [2.45, 2.75) is 66.0 Å². The molecule has 0 aromatic heterocycles. The van der Waals surface area contributed by atoms with Crippen LogP contribution in [-0.4, -0.2) is 41.3 Å². The van der Waals surface area contributed by atoms with Crippen LogP contribution >= 0.6 is 0 Å². The van der Waals surface area contributed by atoms with Crippen LogP contribution < -0.4 is 23.7 Å². The van der Waals surface area contributed by atoms with Crippen LogP contribution in [0.4, 0.5) is 0 Å². The van der Waals surface area contributed by atoms with E-state index in [-0.39, 0.29) is 35.1 Å². The Morgan fingerprint density at radius 1 is 0.622 bits per heavy atom. The normalized spacial score (nSPS) is 16.7. The lowest BCUT2D eigenvalue weighted by molar-refractivity contribution is -0.134. The van der Waals surface area contributed by atoms with Gasteiger partial charge in [-0.1, -0.05) is 12.1 Å². The molecule has 0 saturated carbocycles. The Morgan fingerprint density at radius 2 is 1.09 bits per heavy atom. The number of ether oxygens (including phenoxy) is 5. The smallest absolute Gasteiger partial charge is 0.308 e. The van der Waals surface area contributed by atoms with Gasteiger partial charge >= 0.3 is 29.8 Å². The van der Waals surface area contributed by atoms with E-state index >= 15 is 0 Å². The van der Waals surface area contributed by atoms with E-state index in [1.165, 1.54) is 34.6 Å². The summed E-state index contributed by atoms with van der Waals surface area (Å²) >= 11 is 0. The van der Waals surface area contributed by atoms with Crippen LogP contribution in [0.15, 0.2) is 48.5 Å². The predicted octanol–water partition coefficient (Wildman–Crippen LogP) is 4.75. The highest BCUT2D eigenvalue weighted by atomic mass is 16.6. The number of rotatable bonds is 7. The Morgan fingerprint density at radius 3 is 1.60 bits per heavy atom. The summed E-state index contributed by atoms with van der Waals surface area (Å²) < 4.78 is 27.0. The number of benzene rings is 3. The lowest BCUT2D eigenvalue weighted by Crippen LogP contribution is -2.43. The number of hydrogen-bond donors (Lipinski definition) is 0. The second-order valence-corrected chi connectivity index (χ2v) is 11.0. The third kappa shape index (κ3) is 7.21. The molecule has 0 bridgehead atoms. The van der Waals surface area contributed by atoms with E-state index in [1.54, 1.807) is 36.4 Å². The number of carbonyl (C=O) groups is 5. The van der Waals surface area contributed by atoms with Crippen molar-refractivity contribution >= 4 is 29.8 Å². The van der Waals surface area contributed by atoms with Crippen molar-refractivity contribution in [2.24, 2.45) is 0 Å². The fraction of sp³-hybridized carbons (Fsp3) is 0.324. The van der Waals surface area contributed by atoms with Crippen LogP contribution in [0.2, 0.25) is 0 Å². The second-order valence-electron chi connectivity index (χ2n) is 11.0. The van der Waals surface area contributed by atoms with Crippen molar-refractivity contribution in [3.63, 3.8) is 0 Å². The van der Waals surface area contributed by atoms with E-state index < -0.39 is 29.8 Å². The highest BCUT2D eigenvalue weighted by Gasteiger charge is 2.40. The first-order chi connectivity index (χ1) is 21.4. The van der Waals surface area contributed by atoms with Crippen LogP contribution in [0, 0.1) is 0 Å². The minimum absolute atomic E-state index is 0.135. The van der Waals surface area contributed by atoms with Gasteiger partial charge in [-0.3, -0.25) is 28.9 Å². The lowest BCUT2D eigenvalue weighted by atomic mass is 9.79. The average molecular weight is 616 g/mol. The van der Waals surface area contributed by atoms with Crippen LogP contribution in [0.5, 0.6) is 28.7 Å². The Bertz CT molecular complexity index is 1690. The second kappa shape index (κ2) is 12.9. The van der Waals surface area contributed by atoms with Crippen molar-refractivity contribution in [1.29, 1.82) is 0 Å². The summed E-state index contributed by atoms with van der Waals surface area (Å²) in [6.45, 7) is 7.10. The number of fused-ring (bicyclic) bond motifs is 4. The molecular formula is C34H33NO10. The zero-order valence-electron chi connectivity index (χ0n) is 25.6. The van der Waals surface area contributed by atoms with Crippen molar-refractivity contribution in [3.8, 4) is 28.7 Å². The topological polar surface area (TPSA) is 135 Å². The third-order valence-electron chi connectivity index (χ3n) is 7.61. The van der Waals surface area contributed by atoms with Gasteiger partial charge in [0, 0.05) is 53.2 Å². The Hall–Kier alpha value is -5.03. The number of carbonyl (C=O) groups excluding carboxylic acids is 5. The van der Waals surface area contributed by atoms with E-state index in [0.29, 0.717) is 31.6 Å². The summed E-state index contributed by atoms with van der Waals surface area (Å²) in [4.78, 5) is 61.5. The lowest BCUT2D eigenvalue weighted by Gasteiger charge is -2.47. The largest absolute Gasteiger partial charge is 0.427 e. The van der Waals surface area contributed by atoms with Crippen molar-refractivity contribution < 1.29 is 47.7 Å². The molecule has 0 aliphatic carbocycles. The molecule has 2 aliphatic heterocycles. The molecule has 0 unspecified atom stereocenters. The molecule has 0 spiro atoms. The van der Waals surface area contributed by atoms with Crippen LogP contribution in [0.1, 0.15) is 74.5 Å². The molecular weight excluding hydrogens is 582 g/mol. The minimum Gasteiger partial charge on any atom is -0.427 e. The first kappa shape index (κ1) is 31.4. The number of esters is 5. The van der Waals surface area contributed by atoms with Gasteiger partial charge in [0.05, 0.1) is 0 Å². The highest BCUT2D eigenvalue weighted by molar-refractivity contribution is 5.75. The summed E-state index contributed by atoms with van der Waals surface area (Å²) in [6.07, 6.45) is 1.68. The molecule has 11 heteroatoms. The van der Waals surface area contributed by atoms with Gasteiger partial charge in [0.25, 0.3) is 0 Å². The number of hydrogen-bond acceptors (Lipinski definition) is 11. The maximum Gasteiger partial charge on any atom is 0.308 e. The van der Waals surface area contributed by atoms with Gasteiger partial charge in [-0.15, -0.1) is 0 Å². The fourth-order valence-electron chi connectivity index (χ4n) is 6.07. The number of nitrogens with zero attached hydrogens (tertiary/aromatic N) is 1. The first-order valence-electron chi connectivity index (χ1n) is 14.5. The van der Waals surface area contributed by atoms with Gasteiger partial charge in [-0.2, -0.15) is 0 Å². The maximum absolute atomic E-state index is 12.0. The highest BCUT2D eigenvalue weighted by Crippen LogP contribution is 2.49. The molecule has 2 aliphatic rings. The van der Waals surface area contributed by atoms with E-state index in [4.69, 9.17) is 23.7 Å². The molecule has 11 nitrogen and oxygen atoms in total. The average Bonchev–Trinajstić information content (AvgIpc) is 2.93. The first-order valence-corrected chi connectivity index (χ1v) is 14.5. The molecule has 45 heavy (non-hydrogen) atoms. The predicted molar refractivity (Wildman–Crippen MR) is 159 cm³/mol. The summed E-state index contributed by atoms with van der Waals surface area (Å²) in [5.41, 5.74) is 4.62. The molecule has 0 radical (unpaired) electrons. The standard InChI is InChI=1S/C34H33NO10/c1-18(36)41-26-8-6-23(7-9-26)12-29-28-17-34(45-22(5)40)32(43-20(3)38)15-25(28)13-30-27-16-33(44-21(4)39)31(42-19(2)37)14-24(27)10-11-35(29)30/h6-9,14-17,29-30H,10-13H2,1-5H3/t29-,30+/m0/s1. The Kier molecular flexibility index (Phi) is 9.01. The van der Waals surface area contributed by atoms with Gasteiger partial charge in [-0.25, -0.2) is 0 Å². The van der Waals surface area contributed by atoms with Gasteiger partial charge < -0.3 is 23.7 Å². The molecule has 234 valence electrons. The third-order valence-corrected chi connectivity index (χ3v) is 7.61. The van der Waals surface area contributed by atoms with E-state index in [9.17, 15) is 24.0 Å². The fourth-order valence-corrected chi connectivity index (χ4v) is 6.07. The molecule has 5 rings (SSSR count). The van der Waals surface area contributed by atoms with Gasteiger partial charge in [-0.05, 0) is 83.5 Å². The van der Waals surface area contributed by atoms with Crippen LogP contribution in [0.3, 0.4) is 0 Å². The molecule has 0 amide bonds. The molecule has 2 atom stereocenters. The summed E-state index contributed by atoms with van der Waals surface area (Å²) in [7, 11) is 0. The summed E-state index contributed by atoms with van der Waals surface area (Å²) in [6, 6.07) is 13.9. The quantitative estimate of drug-likeness (QED) is 0.269. The zero-order chi connectivity index (χ0) is 32.4. The van der Waals surface area contributed by atoms with Crippen molar-refractivity contribution in [2.75, 3.05) is 6.54 Å². The van der Waals surface area contributed by atoms with Gasteiger partial charge in [0.15, 0.2) is 23.0 Å². The van der Waals surface area contributed by atoms with E-state index in [1.807, 2.05) is 12.1 Å². The van der Waals surface area contributed by atoms with Crippen LogP contribution in [0.25, 0.3) is 0 Å². The molecule has 3 aromatic carbocycles. The van der Waals surface area contributed by atoms with Crippen molar-refractivity contribution in [3.05, 3.63) is 76.3 Å². The van der Waals surface area contributed by atoms with E-state index in [0.717, 1.165) is 27.8 Å².